The van der Waals surface area contributed by atoms with Crippen molar-refractivity contribution in [3.8, 4) is 0 Å². The maximum Gasteiger partial charge on any atom is 0.255 e. The number of aromatic nitrogens is 2. The molecule has 16 heavy (non-hydrogen) atoms. The van der Waals surface area contributed by atoms with E-state index in [-0.39, 0.29) is 5.89 Å². The monoisotopic (exact) mass is 282 g/mol. The molecule has 4 nitrogen and oxygen atoms in total. The second kappa shape index (κ2) is 4.76. The molecule has 0 saturated carbocycles. The van der Waals surface area contributed by atoms with Crippen LogP contribution in [0.2, 0.25) is 0 Å². The van der Waals surface area contributed by atoms with Gasteiger partial charge in [0.1, 0.15) is 6.10 Å². The first-order chi connectivity index (χ1) is 7.65. The summed E-state index contributed by atoms with van der Waals surface area (Å²) in [5.74, 6) is 0.832. The lowest BCUT2D eigenvalue weighted by Gasteiger charge is -1.97. The average molecular weight is 283 g/mol. The molecule has 1 N–H and O–H groups in total. The normalized spacial score (nSPS) is 12.7. The first-order valence-electron chi connectivity index (χ1n) is 4.90. The van der Waals surface area contributed by atoms with Gasteiger partial charge in [0.05, 0.1) is 0 Å². The van der Waals surface area contributed by atoms with Gasteiger partial charge in [-0.15, -0.1) is 0 Å². The van der Waals surface area contributed by atoms with E-state index in [2.05, 4.69) is 26.1 Å². The Bertz CT molecular complexity index is 482. The van der Waals surface area contributed by atoms with E-state index in [0.29, 0.717) is 12.2 Å². The van der Waals surface area contributed by atoms with Crippen LogP contribution in [0, 0.1) is 0 Å². The van der Waals surface area contributed by atoms with Crippen LogP contribution in [0.3, 0.4) is 0 Å². The molecule has 0 aliphatic heterocycles. The van der Waals surface area contributed by atoms with Crippen molar-refractivity contribution in [3.05, 3.63) is 46.0 Å². The Balaban J connectivity index is 2.14. The van der Waals surface area contributed by atoms with Crippen LogP contribution in [0.5, 0.6) is 0 Å². The molecule has 0 aliphatic carbocycles. The minimum atomic E-state index is -0.719. The summed E-state index contributed by atoms with van der Waals surface area (Å²) in [5, 5.41) is 13.0. The molecule has 0 fully saturated rings. The molecule has 0 bridgehead atoms. The van der Waals surface area contributed by atoms with Crippen molar-refractivity contribution < 1.29 is 9.63 Å². The summed E-state index contributed by atoms with van der Waals surface area (Å²) in [5.41, 5.74) is 1.09. The van der Waals surface area contributed by atoms with E-state index >= 15 is 0 Å². The second-order valence-corrected chi connectivity index (χ2v) is 4.45. The van der Waals surface area contributed by atoms with Gasteiger partial charge in [-0.3, -0.25) is 0 Å². The van der Waals surface area contributed by atoms with Crippen LogP contribution < -0.4 is 0 Å². The minimum Gasteiger partial charge on any atom is -0.384 e. The first kappa shape index (κ1) is 11.3. The molecule has 5 heteroatoms. The summed E-state index contributed by atoms with van der Waals surface area (Å²) in [6.45, 7) is 1.59. The zero-order valence-corrected chi connectivity index (χ0v) is 10.3. The maximum atomic E-state index is 9.24. The number of hydrogen-bond acceptors (Lipinski definition) is 4. The molecular weight excluding hydrogens is 272 g/mol. The van der Waals surface area contributed by atoms with Crippen molar-refractivity contribution in [1.29, 1.82) is 0 Å². The predicted molar refractivity (Wildman–Crippen MR) is 61.9 cm³/mol. The van der Waals surface area contributed by atoms with Gasteiger partial charge in [-0.05, 0) is 24.6 Å². The number of aliphatic hydroxyl groups is 1. The van der Waals surface area contributed by atoms with E-state index < -0.39 is 6.10 Å². The summed E-state index contributed by atoms with van der Waals surface area (Å²) in [6.07, 6.45) is -0.126. The molecule has 0 saturated heterocycles. The lowest BCUT2D eigenvalue weighted by atomic mass is 10.1. The van der Waals surface area contributed by atoms with Crippen LogP contribution in [0.25, 0.3) is 0 Å². The third-order valence-electron chi connectivity index (χ3n) is 2.09. The van der Waals surface area contributed by atoms with E-state index in [1.54, 1.807) is 6.92 Å². The Morgan fingerprint density at radius 3 is 2.94 bits per heavy atom. The van der Waals surface area contributed by atoms with Crippen LogP contribution in [-0.2, 0) is 6.42 Å². The fourth-order valence-corrected chi connectivity index (χ4v) is 1.79. The van der Waals surface area contributed by atoms with Crippen molar-refractivity contribution in [2.75, 3.05) is 0 Å². The van der Waals surface area contributed by atoms with Crippen LogP contribution in [0.4, 0.5) is 0 Å². The molecular formula is C11H11BrN2O2. The average Bonchev–Trinajstić information content (AvgIpc) is 2.66. The van der Waals surface area contributed by atoms with Crippen molar-refractivity contribution in [2.45, 2.75) is 19.4 Å². The highest BCUT2D eigenvalue weighted by Gasteiger charge is 2.11. The van der Waals surface area contributed by atoms with E-state index in [1.807, 2.05) is 24.3 Å². The molecule has 0 radical (unpaired) electrons. The van der Waals surface area contributed by atoms with Crippen molar-refractivity contribution in [2.24, 2.45) is 0 Å². The van der Waals surface area contributed by atoms with Gasteiger partial charge in [-0.1, -0.05) is 33.2 Å². The number of benzene rings is 1. The van der Waals surface area contributed by atoms with Crippen molar-refractivity contribution in [3.63, 3.8) is 0 Å². The standard InChI is InChI=1S/C11H11BrN2O2/c1-7(15)11-13-10(14-16-11)6-8-3-2-4-9(12)5-8/h2-5,7,15H,6H2,1H3. The highest BCUT2D eigenvalue weighted by Crippen LogP contribution is 2.15. The predicted octanol–water partition coefficient (Wildman–Crippen LogP) is 2.48. The molecule has 0 amide bonds. The number of hydrogen-bond donors (Lipinski definition) is 1. The third kappa shape index (κ3) is 2.68. The summed E-state index contributed by atoms with van der Waals surface area (Å²) < 4.78 is 5.92. The zero-order chi connectivity index (χ0) is 11.5. The molecule has 1 unspecified atom stereocenters. The van der Waals surface area contributed by atoms with Crippen LogP contribution in [0.1, 0.15) is 30.3 Å². The van der Waals surface area contributed by atoms with E-state index in [4.69, 9.17) is 4.52 Å². The Morgan fingerprint density at radius 1 is 1.50 bits per heavy atom. The number of aliphatic hydroxyl groups excluding tert-OH is 1. The number of nitrogens with zero attached hydrogens (tertiary/aromatic N) is 2. The maximum absolute atomic E-state index is 9.24. The van der Waals surface area contributed by atoms with Crippen LogP contribution >= 0.6 is 15.9 Å². The molecule has 2 aromatic rings. The Labute approximate surface area is 101 Å². The Morgan fingerprint density at radius 2 is 2.31 bits per heavy atom. The topological polar surface area (TPSA) is 59.2 Å². The van der Waals surface area contributed by atoms with Crippen LogP contribution in [-0.4, -0.2) is 15.2 Å². The second-order valence-electron chi connectivity index (χ2n) is 3.53. The van der Waals surface area contributed by atoms with Gasteiger partial charge in [0, 0.05) is 10.9 Å². The lowest BCUT2D eigenvalue weighted by molar-refractivity contribution is 0.151. The lowest BCUT2D eigenvalue weighted by Crippen LogP contribution is -1.93. The zero-order valence-electron chi connectivity index (χ0n) is 8.72. The Hall–Kier alpha value is -1.20. The van der Waals surface area contributed by atoms with Gasteiger partial charge >= 0.3 is 0 Å². The highest BCUT2D eigenvalue weighted by atomic mass is 79.9. The van der Waals surface area contributed by atoms with Gasteiger partial charge in [0.2, 0.25) is 0 Å². The van der Waals surface area contributed by atoms with Crippen LogP contribution in [0.15, 0.2) is 33.3 Å². The van der Waals surface area contributed by atoms with Gasteiger partial charge in [-0.25, -0.2) is 0 Å². The number of halogens is 1. The third-order valence-corrected chi connectivity index (χ3v) is 2.59. The van der Waals surface area contributed by atoms with Gasteiger partial charge < -0.3 is 9.63 Å². The van der Waals surface area contributed by atoms with E-state index in [9.17, 15) is 5.11 Å². The molecule has 1 heterocycles. The number of rotatable bonds is 3. The van der Waals surface area contributed by atoms with E-state index in [0.717, 1.165) is 10.0 Å². The van der Waals surface area contributed by atoms with Gasteiger partial charge in [0.25, 0.3) is 5.89 Å². The largest absolute Gasteiger partial charge is 0.384 e. The first-order valence-corrected chi connectivity index (χ1v) is 5.69. The molecule has 1 aromatic heterocycles. The molecule has 1 atom stereocenters. The van der Waals surface area contributed by atoms with Gasteiger partial charge in [-0.2, -0.15) is 4.98 Å². The quantitative estimate of drug-likeness (QED) is 0.940. The Kier molecular flexibility index (Phi) is 3.36. The summed E-state index contributed by atoms with van der Waals surface area (Å²) in [7, 11) is 0. The summed E-state index contributed by atoms with van der Waals surface area (Å²) in [6, 6.07) is 7.90. The summed E-state index contributed by atoms with van der Waals surface area (Å²) >= 11 is 3.40. The highest BCUT2D eigenvalue weighted by molar-refractivity contribution is 9.10. The van der Waals surface area contributed by atoms with Crippen molar-refractivity contribution in [1.82, 2.24) is 10.1 Å². The fourth-order valence-electron chi connectivity index (χ4n) is 1.34. The molecule has 0 aliphatic rings. The van der Waals surface area contributed by atoms with E-state index in [1.165, 1.54) is 0 Å². The molecule has 0 spiro atoms. The molecule has 84 valence electrons. The fraction of sp³-hybridized carbons (Fsp3) is 0.273. The summed E-state index contributed by atoms with van der Waals surface area (Å²) in [4.78, 5) is 4.09. The SMILES string of the molecule is CC(O)c1nc(Cc2cccc(Br)c2)no1. The smallest absolute Gasteiger partial charge is 0.255 e. The minimum absolute atomic E-state index is 0.255. The molecule has 1 aromatic carbocycles. The van der Waals surface area contributed by atoms with Gasteiger partial charge in [0.15, 0.2) is 5.82 Å². The van der Waals surface area contributed by atoms with Crippen molar-refractivity contribution >= 4 is 15.9 Å². The molecule has 2 rings (SSSR count).